The summed E-state index contributed by atoms with van der Waals surface area (Å²) in [6.07, 6.45) is 1.87. The number of hydrogen-bond acceptors (Lipinski definition) is 3. The minimum atomic E-state index is -0.237. The van der Waals surface area contributed by atoms with E-state index in [1.165, 1.54) is 23.3 Å². The molecular formula is C18H19FN4. The third-order valence-electron chi connectivity index (χ3n) is 4.44. The van der Waals surface area contributed by atoms with Gasteiger partial charge in [-0.1, -0.05) is 0 Å². The maximum atomic E-state index is 13.1. The van der Waals surface area contributed by atoms with Crippen LogP contribution in [-0.4, -0.2) is 29.4 Å². The summed E-state index contributed by atoms with van der Waals surface area (Å²) >= 11 is 0. The summed E-state index contributed by atoms with van der Waals surface area (Å²) in [7, 11) is 0. The number of aryl methyl sites for hydroxylation is 1. The van der Waals surface area contributed by atoms with Crippen LogP contribution in [0.25, 0.3) is 16.6 Å². The molecule has 0 unspecified atom stereocenters. The maximum absolute atomic E-state index is 13.1. The fourth-order valence-corrected chi connectivity index (χ4v) is 3.23. The molecule has 2 heterocycles. The van der Waals surface area contributed by atoms with E-state index in [1.807, 2.05) is 10.9 Å². The average molecular weight is 310 g/mol. The number of aromatic nitrogens is 2. The van der Waals surface area contributed by atoms with E-state index in [-0.39, 0.29) is 5.82 Å². The van der Waals surface area contributed by atoms with Crippen LogP contribution >= 0.6 is 0 Å². The first-order chi connectivity index (χ1) is 11.2. The number of nitrogens with zero attached hydrogens (tertiary/aromatic N) is 2. The van der Waals surface area contributed by atoms with Crippen molar-refractivity contribution in [3.8, 4) is 5.69 Å². The van der Waals surface area contributed by atoms with Gasteiger partial charge in [0, 0.05) is 31.1 Å². The molecule has 3 aromatic rings. The molecule has 0 spiro atoms. The normalized spacial score (nSPS) is 18.4. The first-order valence-corrected chi connectivity index (χ1v) is 7.91. The Morgan fingerprint density at radius 2 is 2.00 bits per heavy atom. The quantitative estimate of drug-likeness (QED) is 0.765. The lowest BCUT2D eigenvalue weighted by atomic mass is 9.98. The molecule has 2 N–H and O–H groups in total. The summed E-state index contributed by atoms with van der Waals surface area (Å²) in [4.78, 5) is 0. The van der Waals surface area contributed by atoms with E-state index in [2.05, 4.69) is 34.8 Å². The van der Waals surface area contributed by atoms with Crippen molar-refractivity contribution in [3.63, 3.8) is 0 Å². The third-order valence-corrected chi connectivity index (χ3v) is 4.44. The van der Waals surface area contributed by atoms with E-state index in [0.29, 0.717) is 6.04 Å². The number of hydrogen-bond donors (Lipinski definition) is 2. The zero-order chi connectivity index (χ0) is 15.8. The fraction of sp³-hybridized carbons (Fsp3) is 0.278. The Bertz CT molecular complexity index is 832. The molecule has 0 amide bonds. The molecule has 0 aliphatic carbocycles. The Hall–Kier alpha value is -2.24. The standard InChI is InChI=1S/C18H19FN4/c1-12-8-18-13(9-16(12)17-11-20-6-7-21-17)10-22-23(18)15-4-2-14(19)3-5-15/h2-5,8-10,17,20-21H,6-7,11H2,1H3/t17-/m0/s1. The minimum Gasteiger partial charge on any atom is -0.314 e. The highest BCUT2D eigenvalue weighted by molar-refractivity contribution is 5.82. The molecule has 4 nitrogen and oxygen atoms in total. The molecule has 1 atom stereocenters. The lowest BCUT2D eigenvalue weighted by molar-refractivity contribution is 0.429. The number of benzene rings is 2. The van der Waals surface area contributed by atoms with Crippen LogP contribution in [0.2, 0.25) is 0 Å². The highest BCUT2D eigenvalue weighted by atomic mass is 19.1. The van der Waals surface area contributed by atoms with Gasteiger partial charge in [-0.05, 0) is 54.4 Å². The van der Waals surface area contributed by atoms with E-state index in [4.69, 9.17) is 0 Å². The topological polar surface area (TPSA) is 41.9 Å². The van der Waals surface area contributed by atoms with Crippen LogP contribution in [0.5, 0.6) is 0 Å². The highest BCUT2D eigenvalue weighted by Gasteiger charge is 2.18. The molecule has 23 heavy (non-hydrogen) atoms. The first kappa shape index (κ1) is 14.4. The summed E-state index contributed by atoms with van der Waals surface area (Å²) in [5.41, 5.74) is 4.46. The van der Waals surface area contributed by atoms with E-state index < -0.39 is 0 Å². The monoisotopic (exact) mass is 310 g/mol. The zero-order valence-corrected chi connectivity index (χ0v) is 13.0. The van der Waals surface area contributed by atoms with Crippen LogP contribution in [0.15, 0.2) is 42.6 Å². The van der Waals surface area contributed by atoms with Gasteiger partial charge in [0.05, 0.1) is 17.4 Å². The molecule has 0 bridgehead atoms. The number of piperazine rings is 1. The second-order valence-electron chi connectivity index (χ2n) is 6.01. The summed E-state index contributed by atoms with van der Waals surface area (Å²) in [5, 5.41) is 12.6. The van der Waals surface area contributed by atoms with Crippen LogP contribution in [0, 0.1) is 12.7 Å². The smallest absolute Gasteiger partial charge is 0.123 e. The lowest BCUT2D eigenvalue weighted by Gasteiger charge is -2.26. The first-order valence-electron chi connectivity index (χ1n) is 7.91. The van der Waals surface area contributed by atoms with Gasteiger partial charge in [-0.2, -0.15) is 5.10 Å². The van der Waals surface area contributed by atoms with Crippen LogP contribution in [-0.2, 0) is 0 Å². The van der Waals surface area contributed by atoms with E-state index >= 15 is 0 Å². The van der Waals surface area contributed by atoms with Gasteiger partial charge in [0.15, 0.2) is 0 Å². The summed E-state index contributed by atoms with van der Waals surface area (Å²) < 4.78 is 15.0. The van der Waals surface area contributed by atoms with Crippen LogP contribution in [0.1, 0.15) is 17.2 Å². The molecule has 1 aliphatic heterocycles. The number of halogens is 1. The van der Waals surface area contributed by atoms with Crippen molar-refractivity contribution in [2.45, 2.75) is 13.0 Å². The Morgan fingerprint density at radius 1 is 1.17 bits per heavy atom. The van der Waals surface area contributed by atoms with E-state index in [9.17, 15) is 4.39 Å². The van der Waals surface area contributed by atoms with E-state index in [0.717, 1.165) is 36.2 Å². The number of nitrogens with one attached hydrogen (secondary N) is 2. The molecule has 2 aromatic carbocycles. The SMILES string of the molecule is Cc1cc2c(cnn2-c2ccc(F)cc2)cc1[C@@H]1CNCCN1. The van der Waals surface area contributed by atoms with Gasteiger partial charge in [-0.3, -0.25) is 0 Å². The Morgan fingerprint density at radius 3 is 2.74 bits per heavy atom. The predicted molar refractivity (Wildman–Crippen MR) is 89.4 cm³/mol. The van der Waals surface area contributed by atoms with Crippen molar-refractivity contribution in [2.24, 2.45) is 0 Å². The van der Waals surface area contributed by atoms with Gasteiger partial charge in [0.25, 0.3) is 0 Å². The summed E-state index contributed by atoms with van der Waals surface area (Å²) in [6.45, 7) is 5.07. The van der Waals surface area contributed by atoms with Crippen LogP contribution in [0.3, 0.4) is 0 Å². The number of rotatable bonds is 2. The van der Waals surface area contributed by atoms with E-state index in [1.54, 1.807) is 12.1 Å². The van der Waals surface area contributed by atoms with Gasteiger partial charge in [0.2, 0.25) is 0 Å². The van der Waals surface area contributed by atoms with Crippen LogP contribution in [0.4, 0.5) is 4.39 Å². The van der Waals surface area contributed by atoms with Crippen molar-refractivity contribution in [1.82, 2.24) is 20.4 Å². The van der Waals surface area contributed by atoms with Crippen LogP contribution < -0.4 is 10.6 Å². The molecule has 0 saturated carbocycles. The largest absolute Gasteiger partial charge is 0.314 e. The molecule has 4 rings (SSSR count). The van der Waals surface area contributed by atoms with Gasteiger partial charge >= 0.3 is 0 Å². The van der Waals surface area contributed by atoms with Crippen molar-refractivity contribution in [1.29, 1.82) is 0 Å². The maximum Gasteiger partial charge on any atom is 0.123 e. The minimum absolute atomic E-state index is 0.237. The fourth-order valence-electron chi connectivity index (χ4n) is 3.23. The van der Waals surface area contributed by atoms with Gasteiger partial charge in [-0.25, -0.2) is 9.07 Å². The molecule has 5 heteroatoms. The van der Waals surface area contributed by atoms with Crippen molar-refractivity contribution in [3.05, 3.63) is 59.5 Å². The van der Waals surface area contributed by atoms with Gasteiger partial charge < -0.3 is 10.6 Å². The summed E-state index contributed by atoms with van der Waals surface area (Å²) in [6, 6.07) is 11.1. The summed E-state index contributed by atoms with van der Waals surface area (Å²) in [5.74, 6) is -0.237. The molecule has 0 radical (unpaired) electrons. The molecule has 1 aromatic heterocycles. The number of fused-ring (bicyclic) bond motifs is 1. The molecule has 1 fully saturated rings. The zero-order valence-electron chi connectivity index (χ0n) is 13.0. The van der Waals surface area contributed by atoms with Crippen molar-refractivity contribution >= 4 is 10.9 Å². The third kappa shape index (κ3) is 2.62. The average Bonchev–Trinajstić information content (AvgIpc) is 2.98. The molecular weight excluding hydrogens is 291 g/mol. The molecule has 118 valence electrons. The predicted octanol–water partition coefficient (Wildman–Crippen LogP) is 2.71. The van der Waals surface area contributed by atoms with Gasteiger partial charge in [0.1, 0.15) is 5.82 Å². The Labute approximate surface area is 134 Å². The second-order valence-corrected chi connectivity index (χ2v) is 6.01. The lowest BCUT2D eigenvalue weighted by Crippen LogP contribution is -2.42. The van der Waals surface area contributed by atoms with Crippen molar-refractivity contribution in [2.75, 3.05) is 19.6 Å². The Kier molecular flexibility index (Phi) is 3.59. The van der Waals surface area contributed by atoms with Crippen molar-refractivity contribution < 1.29 is 4.39 Å². The Balaban J connectivity index is 1.78. The molecule has 1 aliphatic rings. The molecule has 1 saturated heterocycles. The van der Waals surface area contributed by atoms with Gasteiger partial charge in [-0.15, -0.1) is 0 Å². The second kappa shape index (κ2) is 5.76. The highest BCUT2D eigenvalue weighted by Crippen LogP contribution is 2.26.